The van der Waals surface area contributed by atoms with Crippen LogP contribution < -0.4 is 19.7 Å². The van der Waals surface area contributed by atoms with Crippen LogP contribution in [0.3, 0.4) is 0 Å². The summed E-state index contributed by atoms with van der Waals surface area (Å²) in [6.07, 6.45) is -1.33. The zero-order chi connectivity index (χ0) is 27.7. The summed E-state index contributed by atoms with van der Waals surface area (Å²) in [4.78, 5) is 31.9. The molecule has 1 saturated heterocycles. The summed E-state index contributed by atoms with van der Waals surface area (Å²) < 4.78 is 50.8. The number of alkyl halides is 3. The quantitative estimate of drug-likeness (QED) is 0.492. The first-order chi connectivity index (χ1) is 17.6. The highest BCUT2D eigenvalue weighted by atomic mass is 19.3. The van der Waals surface area contributed by atoms with Gasteiger partial charge in [-0.2, -0.15) is 13.8 Å². The van der Waals surface area contributed by atoms with Crippen molar-refractivity contribution in [2.45, 2.75) is 65.8 Å². The minimum absolute atomic E-state index is 0.0113. The average molecular weight is 525 g/mol. The molecule has 0 radical (unpaired) electrons. The number of rotatable bonds is 7. The van der Waals surface area contributed by atoms with Gasteiger partial charge in [0.2, 0.25) is 17.7 Å². The van der Waals surface area contributed by atoms with Crippen LogP contribution in [0.15, 0.2) is 36.4 Å². The van der Waals surface area contributed by atoms with Gasteiger partial charge in [-0.05, 0) is 30.0 Å². The number of benzene rings is 1. The highest BCUT2D eigenvalue weighted by molar-refractivity contribution is 6.03. The SMILES string of the molecule is CC.COc1ccc(NC(=O)N(c2ccccc2C(C)C)C2CCN(C(C)=O)CC2F)c(OC(F)F)n1. The zero-order valence-corrected chi connectivity index (χ0v) is 22.0. The molecule has 1 aliphatic rings. The molecule has 11 heteroatoms. The number of ether oxygens (including phenoxy) is 2. The predicted molar refractivity (Wildman–Crippen MR) is 136 cm³/mol. The summed E-state index contributed by atoms with van der Waals surface area (Å²) in [5.41, 5.74) is 1.17. The molecule has 1 aliphatic heterocycles. The fourth-order valence-electron chi connectivity index (χ4n) is 4.09. The van der Waals surface area contributed by atoms with Gasteiger partial charge in [-0.1, -0.05) is 45.9 Å². The van der Waals surface area contributed by atoms with Crippen LogP contribution in [0.25, 0.3) is 0 Å². The molecular weight excluding hydrogens is 489 g/mol. The Morgan fingerprint density at radius 1 is 1.16 bits per heavy atom. The summed E-state index contributed by atoms with van der Waals surface area (Å²) >= 11 is 0. The van der Waals surface area contributed by atoms with Gasteiger partial charge in [0, 0.05) is 25.2 Å². The molecule has 0 saturated carbocycles. The minimum atomic E-state index is -3.19. The van der Waals surface area contributed by atoms with Crippen molar-refractivity contribution in [3.63, 3.8) is 0 Å². The number of urea groups is 1. The summed E-state index contributed by atoms with van der Waals surface area (Å²) in [5.74, 6) is -0.755. The van der Waals surface area contributed by atoms with Crippen molar-refractivity contribution < 1.29 is 32.2 Å². The smallest absolute Gasteiger partial charge is 0.388 e. The first-order valence-corrected chi connectivity index (χ1v) is 12.2. The molecule has 2 heterocycles. The lowest BCUT2D eigenvalue weighted by molar-refractivity contribution is -0.131. The van der Waals surface area contributed by atoms with Crippen LogP contribution in [0, 0.1) is 0 Å². The van der Waals surface area contributed by atoms with Crippen LogP contribution >= 0.6 is 0 Å². The lowest BCUT2D eigenvalue weighted by Crippen LogP contribution is -2.56. The molecule has 1 N–H and O–H groups in total. The fraction of sp³-hybridized carbons (Fsp3) is 0.500. The van der Waals surface area contributed by atoms with Crippen molar-refractivity contribution in [2.24, 2.45) is 0 Å². The Morgan fingerprint density at radius 2 is 1.84 bits per heavy atom. The second-order valence-electron chi connectivity index (χ2n) is 8.44. The van der Waals surface area contributed by atoms with Gasteiger partial charge in [0.05, 0.1) is 19.7 Å². The van der Waals surface area contributed by atoms with Gasteiger partial charge < -0.3 is 19.7 Å². The third-order valence-corrected chi connectivity index (χ3v) is 5.81. The number of para-hydroxylation sites is 1. The molecule has 204 valence electrons. The number of aromatic nitrogens is 1. The van der Waals surface area contributed by atoms with Gasteiger partial charge in [0.15, 0.2) is 0 Å². The zero-order valence-electron chi connectivity index (χ0n) is 22.0. The molecule has 1 aromatic heterocycles. The Labute approximate surface area is 215 Å². The fourth-order valence-corrected chi connectivity index (χ4v) is 4.09. The van der Waals surface area contributed by atoms with Crippen LogP contribution in [-0.4, -0.2) is 60.8 Å². The molecular formula is C26H35F3N4O4. The third-order valence-electron chi connectivity index (χ3n) is 5.81. The van der Waals surface area contributed by atoms with Gasteiger partial charge in [0.25, 0.3) is 0 Å². The normalized spacial score (nSPS) is 17.1. The van der Waals surface area contributed by atoms with Gasteiger partial charge in [-0.25, -0.2) is 9.18 Å². The van der Waals surface area contributed by atoms with E-state index in [-0.39, 0.29) is 42.9 Å². The number of amides is 3. The van der Waals surface area contributed by atoms with E-state index in [0.29, 0.717) is 5.69 Å². The van der Waals surface area contributed by atoms with Crippen LogP contribution in [0.5, 0.6) is 11.8 Å². The van der Waals surface area contributed by atoms with E-state index in [2.05, 4.69) is 15.0 Å². The number of piperidine rings is 1. The number of hydrogen-bond donors (Lipinski definition) is 1. The monoisotopic (exact) mass is 524 g/mol. The van der Waals surface area contributed by atoms with E-state index in [1.165, 1.54) is 36.0 Å². The standard InChI is InChI=1S/C24H29F3N4O4.C2H6/c1-14(2)16-7-5-6-8-19(16)31(20-11-12-30(15(3)32)13-17(20)25)24(33)28-18-9-10-21(34-4)29-22(18)35-23(26)27;1-2/h5-10,14,17,20,23H,11-13H2,1-4H3,(H,28,33);1-2H3. The van der Waals surface area contributed by atoms with Crippen molar-refractivity contribution in [1.29, 1.82) is 0 Å². The Morgan fingerprint density at radius 3 is 2.41 bits per heavy atom. The molecule has 2 aromatic rings. The van der Waals surface area contributed by atoms with E-state index in [1.807, 2.05) is 39.8 Å². The number of nitrogens with zero attached hydrogens (tertiary/aromatic N) is 3. The average Bonchev–Trinajstić information content (AvgIpc) is 2.87. The highest BCUT2D eigenvalue weighted by Gasteiger charge is 2.38. The Hall–Kier alpha value is -3.50. The van der Waals surface area contributed by atoms with Crippen molar-refractivity contribution in [1.82, 2.24) is 9.88 Å². The first-order valence-electron chi connectivity index (χ1n) is 12.2. The van der Waals surface area contributed by atoms with Crippen molar-refractivity contribution in [3.05, 3.63) is 42.0 Å². The lowest BCUT2D eigenvalue weighted by Gasteiger charge is -2.41. The van der Waals surface area contributed by atoms with Gasteiger partial charge >= 0.3 is 12.6 Å². The summed E-state index contributed by atoms with van der Waals surface area (Å²) in [7, 11) is 1.31. The number of pyridine rings is 1. The Kier molecular flexibility index (Phi) is 11.0. The summed E-state index contributed by atoms with van der Waals surface area (Å²) in [6, 6.07) is 8.18. The topological polar surface area (TPSA) is 84.0 Å². The number of methoxy groups -OCH3 is 1. The Balaban J connectivity index is 0.00000235. The van der Waals surface area contributed by atoms with Gasteiger partial charge in [-0.15, -0.1) is 0 Å². The largest absolute Gasteiger partial charge is 0.481 e. The van der Waals surface area contributed by atoms with E-state index in [1.54, 1.807) is 12.1 Å². The van der Waals surface area contributed by atoms with Crippen molar-refractivity contribution in [2.75, 3.05) is 30.4 Å². The second-order valence-corrected chi connectivity index (χ2v) is 8.44. The van der Waals surface area contributed by atoms with E-state index in [9.17, 15) is 18.4 Å². The van der Waals surface area contributed by atoms with Crippen molar-refractivity contribution in [3.8, 4) is 11.8 Å². The van der Waals surface area contributed by atoms with E-state index < -0.39 is 30.7 Å². The summed E-state index contributed by atoms with van der Waals surface area (Å²) in [5, 5.41) is 2.55. The van der Waals surface area contributed by atoms with E-state index >= 15 is 4.39 Å². The lowest BCUT2D eigenvalue weighted by atomic mass is 9.96. The van der Waals surface area contributed by atoms with Gasteiger partial charge in [0.1, 0.15) is 11.9 Å². The molecule has 8 nitrogen and oxygen atoms in total. The molecule has 3 amide bonds. The first kappa shape index (κ1) is 29.7. The molecule has 2 unspecified atom stereocenters. The molecule has 0 spiro atoms. The van der Waals surface area contributed by atoms with E-state index in [0.717, 1.165) is 5.56 Å². The van der Waals surface area contributed by atoms with Gasteiger partial charge in [-0.3, -0.25) is 9.69 Å². The van der Waals surface area contributed by atoms with Crippen LogP contribution in [0.1, 0.15) is 52.5 Å². The number of carbonyl (C=O) groups excluding carboxylic acids is 2. The molecule has 3 rings (SSSR count). The van der Waals surface area contributed by atoms with Crippen molar-refractivity contribution >= 4 is 23.3 Å². The van der Waals surface area contributed by atoms with Crippen LogP contribution in [-0.2, 0) is 4.79 Å². The molecule has 37 heavy (non-hydrogen) atoms. The number of nitrogens with one attached hydrogen (secondary N) is 1. The van der Waals surface area contributed by atoms with E-state index in [4.69, 9.17) is 4.74 Å². The predicted octanol–water partition coefficient (Wildman–Crippen LogP) is 5.84. The highest BCUT2D eigenvalue weighted by Crippen LogP contribution is 2.34. The minimum Gasteiger partial charge on any atom is -0.481 e. The number of anilines is 2. The second kappa shape index (κ2) is 13.7. The number of likely N-dealkylation sites (tertiary alicyclic amines) is 1. The molecule has 0 aliphatic carbocycles. The number of hydrogen-bond acceptors (Lipinski definition) is 5. The third kappa shape index (κ3) is 7.50. The van der Waals surface area contributed by atoms with Crippen LogP contribution in [0.4, 0.5) is 29.3 Å². The molecule has 1 fully saturated rings. The molecule has 1 aromatic carbocycles. The maximum absolute atomic E-state index is 15.4. The molecule has 0 bridgehead atoms. The number of halogens is 3. The maximum Gasteiger partial charge on any atom is 0.388 e. The van der Waals surface area contributed by atoms with Crippen LogP contribution in [0.2, 0.25) is 0 Å². The molecule has 2 atom stereocenters. The number of carbonyl (C=O) groups is 2. The Bertz CT molecular complexity index is 1050. The summed E-state index contributed by atoms with van der Waals surface area (Å²) in [6.45, 7) is 6.20. The maximum atomic E-state index is 15.4.